The molecule has 0 aromatic heterocycles. The van der Waals surface area contributed by atoms with Gasteiger partial charge in [-0.15, -0.1) is 0 Å². The van der Waals surface area contributed by atoms with Gasteiger partial charge in [-0.1, -0.05) is 18.7 Å². The summed E-state index contributed by atoms with van der Waals surface area (Å²) in [6.45, 7) is 7.14. The van der Waals surface area contributed by atoms with Crippen molar-refractivity contribution in [2.45, 2.75) is 45.2 Å². The molecule has 29 heavy (non-hydrogen) atoms. The van der Waals surface area contributed by atoms with E-state index in [1.54, 1.807) is 38.1 Å². The van der Waals surface area contributed by atoms with E-state index in [0.29, 0.717) is 24.1 Å². The van der Waals surface area contributed by atoms with Gasteiger partial charge in [-0.2, -0.15) is 0 Å². The van der Waals surface area contributed by atoms with Crippen LogP contribution in [-0.2, 0) is 35.1 Å². The number of hydrogen-bond donors (Lipinski definition) is 1. The van der Waals surface area contributed by atoms with Crippen LogP contribution >= 0.6 is 0 Å². The highest BCUT2D eigenvalue weighted by molar-refractivity contribution is 5.99. The maximum absolute atomic E-state index is 13.0. The predicted octanol–water partition coefficient (Wildman–Crippen LogP) is 1.84. The second kappa shape index (κ2) is 10.4. The van der Waals surface area contributed by atoms with Crippen molar-refractivity contribution in [3.8, 4) is 0 Å². The summed E-state index contributed by atoms with van der Waals surface area (Å²) < 4.78 is 10.2. The maximum Gasteiger partial charge on any atom is 0.328 e. The van der Waals surface area contributed by atoms with Gasteiger partial charge in [0.1, 0.15) is 12.1 Å². The van der Waals surface area contributed by atoms with Gasteiger partial charge < -0.3 is 19.7 Å². The van der Waals surface area contributed by atoms with Gasteiger partial charge in [0, 0.05) is 5.69 Å². The zero-order chi connectivity index (χ0) is 21.4. The monoisotopic (exact) mass is 402 g/mol. The molecule has 1 aliphatic rings. The van der Waals surface area contributed by atoms with E-state index in [-0.39, 0.29) is 31.4 Å². The summed E-state index contributed by atoms with van der Waals surface area (Å²) in [5.41, 5.74) is 1.15. The SMILES string of the molecule is C=CC(=O)Nc1cccc(CC(=O)N2C(C(=O)OCC)CCC2C(=O)OCC)c1. The Hall–Kier alpha value is -3.16. The molecular formula is C21H26N2O6. The van der Waals surface area contributed by atoms with Gasteiger partial charge in [0.2, 0.25) is 11.8 Å². The molecule has 156 valence electrons. The van der Waals surface area contributed by atoms with E-state index in [1.165, 1.54) is 4.90 Å². The summed E-state index contributed by atoms with van der Waals surface area (Å²) in [4.78, 5) is 50.5. The molecule has 2 atom stereocenters. The predicted molar refractivity (Wildman–Crippen MR) is 106 cm³/mol. The zero-order valence-corrected chi connectivity index (χ0v) is 16.7. The lowest BCUT2D eigenvalue weighted by atomic mass is 10.1. The molecule has 0 spiro atoms. The Balaban J connectivity index is 2.21. The van der Waals surface area contributed by atoms with Crippen molar-refractivity contribution in [3.63, 3.8) is 0 Å². The van der Waals surface area contributed by atoms with Crippen LogP contribution in [0.1, 0.15) is 32.3 Å². The molecule has 2 unspecified atom stereocenters. The largest absolute Gasteiger partial charge is 0.464 e. The lowest BCUT2D eigenvalue weighted by Crippen LogP contribution is -2.49. The second-order valence-corrected chi connectivity index (χ2v) is 6.48. The maximum atomic E-state index is 13.0. The molecule has 2 rings (SSSR count). The summed E-state index contributed by atoms with van der Waals surface area (Å²) in [5, 5.41) is 2.63. The molecule has 0 saturated carbocycles. The van der Waals surface area contributed by atoms with E-state index in [1.807, 2.05) is 0 Å². The third-order valence-corrected chi connectivity index (χ3v) is 4.53. The molecule has 0 bridgehead atoms. The number of rotatable bonds is 8. The molecule has 0 aliphatic carbocycles. The number of amides is 2. The first-order valence-corrected chi connectivity index (χ1v) is 9.58. The molecule has 1 saturated heterocycles. The number of hydrogen-bond acceptors (Lipinski definition) is 6. The lowest BCUT2D eigenvalue weighted by Gasteiger charge is -2.28. The summed E-state index contributed by atoms with van der Waals surface area (Å²) in [7, 11) is 0. The second-order valence-electron chi connectivity index (χ2n) is 6.48. The van der Waals surface area contributed by atoms with Gasteiger partial charge in [0.05, 0.1) is 19.6 Å². The summed E-state index contributed by atoms with van der Waals surface area (Å²) in [5.74, 6) is -1.80. The van der Waals surface area contributed by atoms with Crippen LogP contribution in [0.2, 0.25) is 0 Å². The van der Waals surface area contributed by atoms with E-state index in [2.05, 4.69) is 11.9 Å². The number of benzene rings is 1. The fourth-order valence-corrected chi connectivity index (χ4v) is 3.32. The number of nitrogens with zero attached hydrogens (tertiary/aromatic N) is 1. The van der Waals surface area contributed by atoms with Gasteiger partial charge >= 0.3 is 11.9 Å². The number of likely N-dealkylation sites (tertiary alicyclic amines) is 1. The van der Waals surface area contributed by atoms with Crippen LogP contribution in [0, 0.1) is 0 Å². The third-order valence-electron chi connectivity index (χ3n) is 4.53. The van der Waals surface area contributed by atoms with Crippen LogP contribution in [0.5, 0.6) is 0 Å². The highest BCUT2D eigenvalue weighted by Crippen LogP contribution is 2.27. The van der Waals surface area contributed by atoms with Crippen LogP contribution in [0.15, 0.2) is 36.9 Å². The first kappa shape index (κ1) is 22.1. The normalized spacial score (nSPS) is 18.1. The standard InChI is InChI=1S/C21H26N2O6/c1-4-18(24)22-15-9-7-8-14(12-15)13-19(25)23-16(20(26)28-5-2)10-11-17(23)21(27)29-6-3/h4,7-9,12,16-17H,1,5-6,10-11,13H2,2-3H3,(H,22,24). The molecule has 0 radical (unpaired) electrons. The number of anilines is 1. The average Bonchev–Trinajstić information content (AvgIpc) is 3.14. The summed E-state index contributed by atoms with van der Waals surface area (Å²) in [6.07, 6.45) is 1.78. The minimum atomic E-state index is -0.819. The van der Waals surface area contributed by atoms with E-state index >= 15 is 0 Å². The highest BCUT2D eigenvalue weighted by atomic mass is 16.5. The van der Waals surface area contributed by atoms with Crippen LogP contribution < -0.4 is 5.32 Å². The molecule has 1 N–H and O–H groups in total. The zero-order valence-electron chi connectivity index (χ0n) is 16.7. The van der Waals surface area contributed by atoms with Crippen molar-refractivity contribution in [2.24, 2.45) is 0 Å². The number of carbonyl (C=O) groups is 4. The molecule has 8 heteroatoms. The molecule has 1 heterocycles. The van der Waals surface area contributed by atoms with Crippen molar-refractivity contribution in [3.05, 3.63) is 42.5 Å². The Morgan fingerprint density at radius 1 is 1.10 bits per heavy atom. The first-order chi connectivity index (χ1) is 13.9. The van der Waals surface area contributed by atoms with Crippen molar-refractivity contribution in [2.75, 3.05) is 18.5 Å². The van der Waals surface area contributed by atoms with Gasteiger partial charge in [0.25, 0.3) is 0 Å². The minimum Gasteiger partial charge on any atom is -0.464 e. The average molecular weight is 402 g/mol. The van der Waals surface area contributed by atoms with E-state index < -0.39 is 24.0 Å². The summed E-state index contributed by atoms with van der Waals surface area (Å²) >= 11 is 0. The number of nitrogens with one attached hydrogen (secondary N) is 1. The number of ether oxygens (including phenoxy) is 2. The smallest absolute Gasteiger partial charge is 0.328 e. The van der Waals surface area contributed by atoms with E-state index in [0.717, 1.165) is 6.08 Å². The molecule has 1 fully saturated rings. The Bertz CT molecular complexity index is 765. The van der Waals surface area contributed by atoms with Crippen molar-refractivity contribution < 1.29 is 28.7 Å². The van der Waals surface area contributed by atoms with Crippen LogP contribution in [0.25, 0.3) is 0 Å². The van der Waals surface area contributed by atoms with Crippen molar-refractivity contribution in [1.29, 1.82) is 0 Å². The lowest BCUT2D eigenvalue weighted by molar-refractivity contribution is -0.159. The Morgan fingerprint density at radius 3 is 2.21 bits per heavy atom. The molecule has 1 aliphatic heterocycles. The number of carbonyl (C=O) groups excluding carboxylic acids is 4. The number of esters is 2. The van der Waals surface area contributed by atoms with Crippen LogP contribution in [-0.4, -0.2) is 54.0 Å². The Kier molecular flexibility index (Phi) is 7.94. The van der Waals surface area contributed by atoms with Gasteiger partial charge in [-0.25, -0.2) is 9.59 Å². The molecule has 1 aromatic carbocycles. The van der Waals surface area contributed by atoms with Gasteiger partial charge in [-0.05, 0) is 50.5 Å². The molecule has 1 aromatic rings. The highest BCUT2D eigenvalue weighted by Gasteiger charge is 2.45. The van der Waals surface area contributed by atoms with Crippen LogP contribution in [0.4, 0.5) is 5.69 Å². The topological polar surface area (TPSA) is 102 Å². The van der Waals surface area contributed by atoms with E-state index in [9.17, 15) is 19.2 Å². The minimum absolute atomic E-state index is 0.0381. The van der Waals surface area contributed by atoms with E-state index in [4.69, 9.17) is 9.47 Å². The summed E-state index contributed by atoms with van der Waals surface area (Å²) in [6, 6.07) is 5.15. The van der Waals surface area contributed by atoms with Gasteiger partial charge in [0.15, 0.2) is 0 Å². The van der Waals surface area contributed by atoms with Gasteiger partial charge in [-0.3, -0.25) is 9.59 Å². The van der Waals surface area contributed by atoms with Crippen molar-refractivity contribution in [1.82, 2.24) is 4.90 Å². The third kappa shape index (κ3) is 5.66. The molecular weight excluding hydrogens is 376 g/mol. The van der Waals surface area contributed by atoms with Crippen molar-refractivity contribution >= 4 is 29.4 Å². The molecule has 2 amide bonds. The quantitative estimate of drug-likeness (QED) is 0.526. The fourth-order valence-electron chi connectivity index (χ4n) is 3.32. The first-order valence-electron chi connectivity index (χ1n) is 9.58. The van der Waals surface area contributed by atoms with Crippen LogP contribution in [0.3, 0.4) is 0 Å². The Labute approximate surface area is 169 Å². The fraction of sp³-hybridized carbons (Fsp3) is 0.429. The molecule has 8 nitrogen and oxygen atoms in total. The Morgan fingerprint density at radius 2 is 1.69 bits per heavy atom.